The van der Waals surface area contributed by atoms with E-state index >= 15 is 0 Å². The van der Waals surface area contributed by atoms with E-state index in [0.717, 1.165) is 12.0 Å². The average Bonchev–Trinajstić information content (AvgIpc) is 2.56. The van der Waals surface area contributed by atoms with Gasteiger partial charge in [-0.15, -0.1) is 0 Å². The average molecular weight is 320 g/mol. The van der Waals surface area contributed by atoms with Gasteiger partial charge in [0.25, 0.3) is 5.91 Å². The van der Waals surface area contributed by atoms with Crippen LogP contribution in [0.15, 0.2) is 30.3 Å². The van der Waals surface area contributed by atoms with Gasteiger partial charge < -0.3 is 15.4 Å². The number of amides is 2. The van der Waals surface area contributed by atoms with Gasteiger partial charge in [-0.1, -0.05) is 37.3 Å². The fourth-order valence-electron chi connectivity index (χ4n) is 1.84. The smallest absolute Gasteiger partial charge is 0.316 e. The van der Waals surface area contributed by atoms with Gasteiger partial charge in [-0.2, -0.15) is 0 Å². The number of esters is 1. The van der Waals surface area contributed by atoms with E-state index in [9.17, 15) is 14.4 Å². The van der Waals surface area contributed by atoms with Crippen molar-refractivity contribution in [1.29, 1.82) is 0 Å². The summed E-state index contributed by atoms with van der Waals surface area (Å²) < 4.78 is 5.05. The summed E-state index contributed by atoms with van der Waals surface area (Å²) in [6.07, 6.45) is 0.825. The van der Waals surface area contributed by atoms with Crippen LogP contribution in [0.2, 0.25) is 0 Å². The van der Waals surface area contributed by atoms with Crippen LogP contribution in [-0.4, -0.2) is 37.5 Å². The first-order valence-corrected chi connectivity index (χ1v) is 7.64. The first-order chi connectivity index (χ1) is 10.9. The molecule has 0 heterocycles. The van der Waals surface area contributed by atoms with Crippen molar-refractivity contribution < 1.29 is 19.1 Å². The molecule has 0 saturated heterocycles. The molecule has 2 amide bonds. The summed E-state index contributed by atoms with van der Waals surface area (Å²) in [4.78, 5) is 35.1. The van der Waals surface area contributed by atoms with Gasteiger partial charge in [-0.25, -0.2) is 0 Å². The van der Waals surface area contributed by atoms with Gasteiger partial charge in [0, 0.05) is 6.54 Å². The number of carbonyl (C=O) groups is 3. The van der Waals surface area contributed by atoms with Gasteiger partial charge in [-0.3, -0.25) is 14.4 Å². The zero-order valence-electron chi connectivity index (χ0n) is 13.8. The highest BCUT2D eigenvalue weighted by atomic mass is 16.5. The van der Waals surface area contributed by atoms with Crippen LogP contribution in [0.4, 0.5) is 0 Å². The lowest BCUT2D eigenvalue weighted by Gasteiger charge is -2.22. The molecule has 0 saturated carbocycles. The monoisotopic (exact) mass is 320 g/mol. The van der Waals surface area contributed by atoms with E-state index in [1.54, 1.807) is 13.8 Å². The van der Waals surface area contributed by atoms with Gasteiger partial charge in [0.05, 0.1) is 12.0 Å². The number of hydrogen-bond donors (Lipinski definition) is 2. The molecule has 2 N–H and O–H groups in total. The topological polar surface area (TPSA) is 84.5 Å². The molecule has 6 nitrogen and oxygen atoms in total. The third-order valence-corrected chi connectivity index (χ3v) is 3.36. The Morgan fingerprint density at radius 2 is 1.70 bits per heavy atom. The molecular formula is C17H24N2O4. The Bertz CT molecular complexity index is 541. The first kappa shape index (κ1) is 18.7. The molecule has 126 valence electrons. The molecule has 1 aromatic carbocycles. The van der Waals surface area contributed by atoms with Crippen molar-refractivity contribution in [2.75, 3.05) is 19.7 Å². The fourth-order valence-corrected chi connectivity index (χ4v) is 1.84. The molecule has 1 rings (SSSR count). The van der Waals surface area contributed by atoms with E-state index in [1.807, 2.05) is 37.3 Å². The lowest BCUT2D eigenvalue weighted by atomic mass is 9.85. The van der Waals surface area contributed by atoms with E-state index in [-0.39, 0.29) is 12.5 Å². The van der Waals surface area contributed by atoms with Crippen molar-refractivity contribution in [3.05, 3.63) is 35.9 Å². The summed E-state index contributed by atoms with van der Waals surface area (Å²) in [5.41, 5.74) is -0.0376. The van der Waals surface area contributed by atoms with Crippen LogP contribution in [0.25, 0.3) is 0 Å². The van der Waals surface area contributed by atoms with Crippen molar-refractivity contribution in [1.82, 2.24) is 10.6 Å². The highest BCUT2D eigenvalue weighted by Crippen LogP contribution is 2.24. The Labute approximate surface area is 136 Å². The second kappa shape index (κ2) is 8.92. The fraction of sp³-hybridized carbons (Fsp3) is 0.471. The van der Waals surface area contributed by atoms with Gasteiger partial charge in [-0.05, 0) is 25.8 Å². The molecule has 0 spiro atoms. The molecule has 0 bridgehead atoms. The molecule has 0 unspecified atom stereocenters. The van der Waals surface area contributed by atoms with Crippen molar-refractivity contribution in [2.24, 2.45) is 0 Å². The third-order valence-electron chi connectivity index (χ3n) is 3.36. The summed E-state index contributed by atoms with van der Waals surface area (Å²) in [5, 5.41) is 5.05. The van der Waals surface area contributed by atoms with Crippen LogP contribution in [0.1, 0.15) is 32.8 Å². The number of nitrogens with one attached hydrogen (secondary N) is 2. The number of ether oxygens (including phenoxy) is 1. The van der Waals surface area contributed by atoms with E-state index in [0.29, 0.717) is 6.54 Å². The van der Waals surface area contributed by atoms with Crippen LogP contribution >= 0.6 is 0 Å². The molecule has 0 radical (unpaired) electrons. The highest BCUT2D eigenvalue weighted by Gasteiger charge is 2.31. The Morgan fingerprint density at radius 1 is 1.04 bits per heavy atom. The molecule has 0 atom stereocenters. The van der Waals surface area contributed by atoms with Crippen molar-refractivity contribution in [3.8, 4) is 0 Å². The molecular weight excluding hydrogens is 296 g/mol. The predicted molar refractivity (Wildman–Crippen MR) is 86.7 cm³/mol. The first-order valence-electron chi connectivity index (χ1n) is 7.64. The van der Waals surface area contributed by atoms with Crippen LogP contribution in [0.3, 0.4) is 0 Å². The summed E-state index contributed by atoms with van der Waals surface area (Å²) in [5.74, 6) is -1.26. The zero-order valence-corrected chi connectivity index (χ0v) is 13.8. The Balaban J connectivity index is 2.40. The number of carbonyl (C=O) groups excluding carboxylic acids is 3. The summed E-state index contributed by atoms with van der Waals surface area (Å²) in [6, 6.07) is 9.21. The van der Waals surface area contributed by atoms with E-state index in [2.05, 4.69) is 10.6 Å². The summed E-state index contributed by atoms with van der Waals surface area (Å²) in [6.45, 7) is 5.44. The van der Waals surface area contributed by atoms with Crippen LogP contribution in [-0.2, 0) is 24.5 Å². The van der Waals surface area contributed by atoms with E-state index in [4.69, 9.17) is 4.74 Å². The molecule has 0 aromatic heterocycles. The maximum absolute atomic E-state index is 12.2. The van der Waals surface area contributed by atoms with E-state index in [1.165, 1.54) is 0 Å². The Hall–Kier alpha value is -2.37. The number of hydrogen-bond acceptors (Lipinski definition) is 4. The Morgan fingerprint density at radius 3 is 2.30 bits per heavy atom. The maximum Gasteiger partial charge on any atom is 0.316 e. The standard InChI is InChI=1S/C17H24N2O4/c1-4-10-18-14(20)11-19-15(21)12-23-16(22)17(2,3)13-8-6-5-7-9-13/h5-9H,4,10-12H2,1-3H3,(H,18,20)(H,19,21). The largest absolute Gasteiger partial charge is 0.455 e. The van der Waals surface area contributed by atoms with Crippen molar-refractivity contribution in [2.45, 2.75) is 32.6 Å². The molecule has 0 fully saturated rings. The van der Waals surface area contributed by atoms with Gasteiger partial charge >= 0.3 is 5.97 Å². The normalized spacial score (nSPS) is 10.7. The lowest BCUT2D eigenvalue weighted by Crippen LogP contribution is -2.40. The molecule has 0 aliphatic heterocycles. The van der Waals surface area contributed by atoms with Gasteiger partial charge in [0.15, 0.2) is 6.61 Å². The SMILES string of the molecule is CCCNC(=O)CNC(=O)COC(=O)C(C)(C)c1ccccc1. The molecule has 6 heteroatoms. The minimum atomic E-state index is -0.847. The van der Waals surface area contributed by atoms with Gasteiger partial charge in [0.2, 0.25) is 5.91 Å². The van der Waals surface area contributed by atoms with E-state index < -0.39 is 23.9 Å². The number of benzene rings is 1. The third kappa shape index (κ3) is 6.10. The van der Waals surface area contributed by atoms with Crippen LogP contribution < -0.4 is 10.6 Å². The van der Waals surface area contributed by atoms with Gasteiger partial charge in [0.1, 0.15) is 0 Å². The Kier molecular flexibility index (Phi) is 7.25. The second-order valence-corrected chi connectivity index (χ2v) is 5.69. The zero-order chi connectivity index (χ0) is 17.3. The molecule has 0 aliphatic carbocycles. The quantitative estimate of drug-likeness (QED) is 0.704. The second-order valence-electron chi connectivity index (χ2n) is 5.69. The predicted octanol–water partition coefficient (Wildman–Crippen LogP) is 1.15. The van der Waals surface area contributed by atoms with Crippen LogP contribution in [0.5, 0.6) is 0 Å². The summed E-state index contributed by atoms with van der Waals surface area (Å²) >= 11 is 0. The molecule has 0 aliphatic rings. The van der Waals surface area contributed by atoms with Crippen LogP contribution in [0, 0.1) is 0 Å². The number of rotatable bonds is 8. The maximum atomic E-state index is 12.2. The summed E-state index contributed by atoms with van der Waals surface area (Å²) in [7, 11) is 0. The van der Waals surface area contributed by atoms with Crippen molar-refractivity contribution in [3.63, 3.8) is 0 Å². The lowest BCUT2D eigenvalue weighted by molar-refractivity contribution is -0.153. The van der Waals surface area contributed by atoms with Crippen molar-refractivity contribution >= 4 is 17.8 Å². The molecule has 23 heavy (non-hydrogen) atoms. The minimum absolute atomic E-state index is 0.127. The molecule has 1 aromatic rings. The minimum Gasteiger partial charge on any atom is -0.455 e. The highest BCUT2D eigenvalue weighted by molar-refractivity contribution is 5.88.